The third-order valence-corrected chi connectivity index (χ3v) is 11.7. The van der Waals surface area contributed by atoms with Crippen LogP contribution in [-0.4, -0.2) is 91.0 Å². The van der Waals surface area contributed by atoms with Crippen LogP contribution in [-0.2, 0) is 12.8 Å². The Hall–Kier alpha value is -8.85. The van der Waals surface area contributed by atoms with Gasteiger partial charge in [-0.25, -0.2) is 17.6 Å². The van der Waals surface area contributed by atoms with Crippen LogP contribution < -0.4 is 10.2 Å². The first-order chi connectivity index (χ1) is 33.1. The Morgan fingerprint density at radius 2 is 1.17 bits per heavy atom. The van der Waals surface area contributed by atoms with Gasteiger partial charge in [-0.15, -0.1) is 0 Å². The molecule has 69 heavy (non-hydrogen) atoms. The van der Waals surface area contributed by atoms with Crippen LogP contribution in [0.2, 0.25) is 0 Å². The second-order valence-corrected chi connectivity index (χ2v) is 16.4. The number of carbonyl (C=O) groups excluding carboxylic acids is 3. The lowest BCUT2D eigenvalue weighted by Gasteiger charge is -2.32. The van der Waals surface area contributed by atoms with Crippen LogP contribution >= 0.6 is 0 Å². The van der Waals surface area contributed by atoms with E-state index >= 15 is 0 Å². The molecule has 1 aliphatic rings. The highest BCUT2D eigenvalue weighted by molar-refractivity contribution is 6.17. The minimum Gasteiger partial charge on any atom is -0.336 e. The molecule has 0 saturated carbocycles. The molecule has 0 aliphatic carbocycles. The number of hydrogen-bond donors (Lipinski definition) is 3. The lowest BCUT2D eigenvalue weighted by Crippen LogP contribution is -2.47. The highest BCUT2D eigenvalue weighted by Crippen LogP contribution is 2.39. The van der Waals surface area contributed by atoms with Gasteiger partial charge in [-0.2, -0.15) is 10.2 Å². The van der Waals surface area contributed by atoms with E-state index in [1.807, 2.05) is 11.9 Å². The number of nitrogens with zero attached hydrogens (tertiary/aromatic N) is 7. The number of nitro benzene ring substituents is 2. The second kappa shape index (κ2) is 18.4. The normalized spacial score (nSPS) is 12.9. The van der Waals surface area contributed by atoms with E-state index in [2.05, 4.69) is 25.7 Å². The van der Waals surface area contributed by atoms with E-state index < -0.39 is 73.3 Å². The molecule has 9 rings (SSSR count). The summed E-state index contributed by atoms with van der Waals surface area (Å²) in [5, 5.41) is 42.8. The fraction of sp³-hybridized carbons (Fsp3) is 0.146. The monoisotopic (exact) mass is 940 g/mol. The van der Waals surface area contributed by atoms with Crippen molar-refractivity contribution in [3.05, 3.63) is 192 Å². The standard InChI is InChI=1S/C48H36F4N10O7/c1-58-10-12-59(13-11-58)47(64)30-5-9-41(43(23-30)62(68)69)60(45-38-21-27(3-8-40(38)55-57-45)15-29-18-34(51)25-35(52)19-29)48(65)31-4-6-36(42(22-31)61(66)67)46(63)53-44-37-20-26(2-7-39(37)54-56-44)14-28-16-32(49)24-33(50)17-28/h2-9,16-25H,10-15H2,1H3,(H,55,57)(H2,53,54,56,63). The Labute approximate surface area is 387 Å². The largest absolute Gasteiger partial charge is 0.336 e. The smallest absolute Gasteiger partial charge is 0.294 e. The van der Waals surface area contributed by atoms with Crippen LogP contribution in [0.4, 0.5) is 46.3 Å². The first kappa shape index (κ1) is 45.3. The fourth-order valence-corrected chi connectivity index (χ4v) is 8.31. The molecule has 3 N–H and O–H groups in total. The number of carbonyl (C=O) groups is 3. The van der Waals surface area contributed by atoms with Gasteiger partial charge >= 0.3 is 0 Å². The summed E-state index contributed by atoms with van der Waals surface area (Å²) in [5.74, 6) is -5.88. The summed E-state index contributed by atoms with van der Waals surface area (Å²) in [6.45, 7) is 1.89. The second-order valence-electron chi connectivity index (χ2n) is 16.4. The Bertz CT molecular complexity index is 3370. The van der Waals surface area contributed by atoms with Crippen molar-refractivity contribution < 1.29 is 41.8 Å². The van der Waals surface area contributed by atoms with Crippen molar-refractivity contribution in [1.82, 2.24) is 30.2 Å². The van der Waals surface area contributed by atoms with Crippen LogP contribution in [0.1, 0.15) is 53.3 Å². The number of anilines is 3. The molecule has 0 radical (unpaired) electrons. The molecule has 0 atom stereocenters. The number of aromatic nitrogens is 4. The van der Waals surface area contributed by atoms with Gasteiger partial charge in [0, 0.05) is 72.3 Å². The third-order valence-electron chi connectivity index (χ3n) is 11.7. The number of fused-ring (bicyclic) bond motifs is 2. The SMILES string of the molecule is CN1CCN(C(=O)c2ccc(N(C(=O)c3ccc(C(=O)Nc4n[nH]c5ccc(Cc6cc(F)cc(F)c6)cc45)c([N+](=O)[O-])c3)c3n[nH]c4ccc(Cc5cc(F)cc(F)c5)cc34)c([N+](=O)[O-])c2)CC1. The number of nitro groups is 2. The van der Waals surface area contributed by atoms with E-state index in [4.69, 9.17) is 0 Å². The Kier molecular flexibility index (Phi) is 12.1. The number of halogens is 4. The summed E-state index contributed by atoms with van der Waals surface area (Å²) in [5.41, 5.74) is -0.305. The first-order valence-electron chi connectivity index (χ1n) is 21.1. The lowest BCUT2D eigenvalue weighted by atomic mass is 10.0. The predicted molar refractivity (Wildman–Crippen MR) is 245 cm³/mol. The summed E-state index contributed by atoms with van der Waals surface area (Å²) < 4.78 is 56.1. The molecule has 0 unspecified atom stereocenters. The van der Waals surface area contributed by atoms with Crippen LogP contribution in [0.5, 0.6) is 0 Å². The molecule has 1 saturated heterocycles. The zero-order chi connectivity index (χ0) is 48.7. The average Bonchev–Trinajstić information content (AvgIpc) is 3.91. The van der Waals surface area contributed by atoms with Crippen molar-refractivity contribution in [3.63, 3.8) is 0 Å². The van der Waals surface area contributed by atoms with Crippen LogP contribution in [0.15, 0.2) is 109 Å². The zero-order valence-electron chi connectivity index (χ0n) is 36.1. The number of nitrogens with one attached hydrogen (secondary N) is 3. The van der Waals surface area contributed by atoms with Crippen molar-refractivity contribution in [1.29, 1.82) is 0 Å². The van der Waals surface area contributed by atoms with Crippen molar-refractivity contribution in [2.24, 2.45) is 0 Å². The highest BCUT2D eigenvalue weighted by atomic mass is 19.1. The maximum absolute atomic E-state index is 15.0. The predicted octanol–water partition coefficient (Wildman–Crippen LogP) is 8.61. The van der Waals surface area contributed by atoms with E-state index in [9.17, 15) is 52.2 Å². The topological polar surface area (TPSA) is 217 Å². The maximum Gasteiger partial charge on any atom is 0.294 e. The molecule has 21 heteroatoms. The molecule has 3 heterocycles. The van der Waals surface area contributed by atoms with Crippen molar-refractivity contribution >= 4 is 68.2 Å². The van der Waals surface area contributed by atoms with Crippen LogP contribution in [0, 0.1) is 43.5 Å². The number of piperazine rings is 1. The van der Waals surface area contributed by atoms with Crippen molar-refractivity contribution in [2.75, 3.05) is 43.4 Å². The van der Waals surface area contributed by atoms with Gasteiger partial charge in [0.25, 0.3) is 29.1 Å². The van der Waals surface area contributed by atoms with Crippen LogP contribution in [0.25, 0.3) is 21.8 Å². The van der Waals surface area contributed by atoms with E-state index in [1.165, 1.54) is 24.3 Å². The summed E-state index contributed by atoms with van der Waals surface area (Å²) in [7, 11) is 1.90. The van der Waals surface area contributed by atoms with Gasteiger partial charge < -0.3 is 15.1 Å². The number of amides is 3. The number of likely N-dealkylation sites (N-methyl/N-ethyl adjacent to an activating group) is 1. The molecule has 348 valence electrons. The molecule has 8 aromatic rings. The molecular formula is C48H36F4N10O7. The molecule has 1 aliphatic heterocycles. The minimum absolute atomic E-state index is 0.0214. The molecule has 3 amide bonds. The van der Waals surface area contributed by atoms with Gasteiger partial charge in [0.05, 0.1) is 20.9 Å². The summed E-state index contributed by atoms with van der Waals surface area (Å²) in [6.07, 6.45) is 0.141. The third kappa shape index (κ3) is 9.43. The van der Waals surface area contributed by atoms with Gasteiger partial charge in [0.15, 0.2) is 11.6 Å². The number of H-pyrrole nitrogens is 2. The lowest BCUT2D eigenvalue weighted by molar-refractivity contribution is -0.385. The number of aromatic amines is 2. The number of hydrogen-bond acceptors (Lipinski definition) is 10. The van der Waals surface area contributed by atoms with E-state index in [0.29, 0.717) is 59.3 Å². The van der Waals surface area contributed by atoms with E-state index in [-0.39, 0.29) is 46.7 Å². The van der Waals surface area contributed by atoms with Crippen molar-refractivity contribution in [2.45, 2.75) is 12.8 Å². The van der Waals surface area contributed by atoms with Crippen LogP contribution in [0.3, 0.4) is 0 Å². The Balaban J connectivity index is 1.09. The molecule has 2 aromatic heterocycles. The zero-order valence-corrected chi connectivity index (χ0v) is 36.1. The summed E-state index contributed by atoms with van der Waals surface area (Å²) in [4.78, 5) is 70.8. The van der Waals surface area contributed by atoms with Crippen molar-refractivity contribution in [3.8, 4) is 0 Å². The minimum atomic E-state index is -1.07. The molecule has 0 spiro atoms. The molecule has 17 nitrogen and oxygen atoms in total. The molecule has 6 aromatic carbocycles. The molecular weight excluding hydrogens is 905 g/mol. The van der Waals surface area contributed by atoms with Gasteiger partial charge in [-0.3, -0.25) is 49.7 Å². The summed E-state index contributed by atoms with van der Waals surface area (Å²) >= 11 is 0. The first-order valence-corrected chi connectivity index (χ1v) is 21.1. The quantitative estimate of drug-likeness (QED) is 0.0602. The Morgan fingerprint density at radius 1 is 0.638 bits per heavy atom. The van der Waals surface area contributed by atoms with E-state index in [1.54, 1.807) is 41.3 Å². The van der Waals surface area contributed by atoms with Gasteiger partial charge in [0.1, 0.15) is 34.5 Å². The Morgan fingerprint density at radius 3 is 1.77 bits per heavy atom. The number of benzene rings is 6. The molecule has 0 bridgehead atoms. The van der Waals surface area contributed by atoms with E-state index in [0.717, 1.165) is 53.4 Å². The highest BCUT2D eigenvalue weighted by Gasteiger charge is 2.34. The van der Waals surface area contributed by atoms with Gasteiger partial charge in [-0.1, -0.05) is 12.1 Å². The van der Waals surface area contributed by atoms with Gasteiger partial charge in [0.2, 0.25) is 0 Å². The maximum atomic E-state index is 15.0. The molecule has 1 fully saturated rings. The summed E-state index contributed by atoms with van der Waals surface area (Å²) in [6, 6.07) is 22.4. The fourth-order valence-electron chi connectivity index (χ4n) is 8.31. The number of rotatable bonds is 12. The van der Waals surface area contributed by atoms with Gasteiger partial charge in [-0.05, 0) is 115 Å². The average molecular weight is 941 g/mol.